The third-order valence-corrected chi connectivity index (χ3v) is 5.77. The van der Waals surface area contributed by atoms with E-state index >= 15 is 0 Å². The Morgan fingerprint density at radius 1 is 0.889 bits per heavy atom. The Bertz CT molecular complexity index is 1270. The van der Waals surface area contributed by atoms with Gasteiger partial charge in [-0.15, -0.1) is 0 Å². The first-order chi connectivity index (χ1) is 17.7. The molecule has 3 aromatic carbocycles. The van der Waals surface area contributed by atoms with E-state index in [0.29, 0.717) is 60.5 Å². The van der Waals surface area contributed by atoms with Crippen molar-refractivity contribution in [3.05, 3.63) is 95.9 Å². The van der Waals surface area contributed by atoms with Crippen molar-refractivity contribution in [3.63, 3.8) is 0 Å². The predicted octanol–water partition coefficient (Wildman–Crippen LogP) is 6.58. The monoisotopic (exact) mass is 485 g/mol. The van der Waals surface area contributed by atoms with E-state index in [-0.39, 0.29) is 5.78 Å². The van der Waals surface area contributed by atoms with E-state index in [1.165, 1.54) is 5.56 Å². The average Bonchev–Trinajstić information content (AvgIpc) is 3.40. The Labute approximate surface area is 211 Å². The first kappa shape index (κ1) is 25.0. The lowest BCUT2D eigenvalue weighted by atomic mass is 10.0. The van der Waals surface area contributed by atoms with Gasteiger partial charge >= 0.3 is 0 Å². The lowest BCUT2D eigenvalue weighted by Crippen LogP contribution is -2.05. The van der Waals surface area contributed by atoms with Crippen LogP contribution >= 0.6 is 0 Å². The highest BCUT2D eigenvalue weighted by atomic mass is 16.5. The van der Waals surface area contributed by atoms with E-state index in [2.05, 4.69) is 17.1 Å². The number of Topliss-reactive ketones (excluding diaryl/α,β-unsaturated/α-hetero) is 1. The molecule has 6 nitrogen and oxygen atoms in total. The zero-order chi connectivity index (χ0) is 25.2. The summed E-state index contributed by atoms with van der Waals surface area (Å²) in [6.45, 7) is 2.98. The van der Waals surface area contributed by atoms with Crippen LogP contribution in [0.3, 0.4) is 0 Å². The number of benzene rings is 3. The molecular weight excluding hydrogens is 454 g/mol. The number of ketones is 1. The lowest BCUT2D eigenvalue weighted by molar-refractivity contribution is 0.0979. The van der Waals surface area contributed by atoms with Crippen molar-refractivity contribution in [2.24, 2.45) is 0 Å². The fourth-order valence-electron chi connectivity index (χ4n) is 3.93. The summed E-state index contributed by atoms with van der Waals surface area (Å²) < 4.78 is 22.8. The Kier molecular flexibility index (Phi) is 8.76. The van der Waals surface area contributed by atoms with Crippen LogP contribution in [-0.4, -0.2) is 31.1 Å². The zero-order valence-electron chi connectivity index (χ0n) is 20.7. The van der Waals surface area contributed by atoms with Crippen LogP contribution in [0.5, 0.6) is 17.2 Å². The molecule has 1 aromatic heterocycles. The van der Waals surface area contributed by atoms with Crippen molar-refractivity contribution < 1.29 is 23.4 Å². The molecule has 4 rings (SSSR count). The molecule has 0 saturated carbocycles. The number of methoxy groups -OCH3 is 1. The molecule has 0 bridgehead atoms. The van der Waals surface area contributed by atoms with Crippen LogP contribution in [0.2, 0.25) is 0 Å². The molecule has 36 heavy (non-hydrogen) atoms. The SMILES string of the molecule is CCOc1ccccc1C(=O)CCc1coc(-c2ccc(OC)c(OCCCc3ccccc3)c2)n1. The van der Waals surface area contributed by atoms with Gasteiger partial charge in [0.1, 0.15) is 12.0 Å². The lowest BCUT2D eigenvalue weighted by Gasteiger charge is -2.11. The highest BCUT2D eigenvalue weighted by molar-refractivity contribution is 5.98. The highest BCUT2D eigenvalue weighted by Crippen LogP contribution is 2.32. The number of hydrogen-bond acceptors (Lipinski definition) is 6. The summed E-state index contributed by atoms with van der Waals surface area (Å²) in [6.07, 6.45) is 4.22. The van der Waals surface area contributed by atoms with Crippen LogP contribution in [0.1, 0.15) is 41.4 Å². The third kappa shape index (κ3) is 6.54. The quantitative estimate of drug-likeness (QED) is 0.157. The smallest absolute Gasteiger partial charge is 0.226 e. The van der Waals surface area contributed by atoms with E-state index in [9.17, 15) is 4.79 Å². The van der Waals surface area contributed by atoms with E-state index in [1.54, 1.807) is 19.4 Å². The van der Waals surface area contributed by atoms with Gasteiger partial charge in [0.05, 0.1) is 31.6 Å². The van der Waals surface area contributed by atoms with Gasteiger partial charge in [-0.1, -0.05) is 42.5 Å². The molecule has 0 fully saturated rings. The summed E-state index contributed by atoms with van der Waals surface area (Å²) in [5.41, 5.74) is 3.38. The molecule has 0 amide bonds. The molecule has 186 valence electrons. The van der Waals surface area contributed by atoms with Crippen molar-refractivity contribution in [3.8, 4) is 28.7 Å². The standard InChI is InChI=1S/C30H31NO5/c1-3-34-27-14-8-7-13-25(27)26(32)17-16-24-21-36-30(31-24)23-15-18-28(33-2)29(20-23)35-19-9-12-22-10-5-4-6-11-22/h4-8,10-11,13-15,18,20-21H,3,9,12,16-17,19H2,1-2H3. The second kappa shape index (κ2) is 12.6. The molecule has 6 heteroatoms. The number of carbonyl (C=O) groups excluding carboxylic acids is 1. The van der Waals surface area contributed by atoms with Crippen molar-refractivity contribution >= 4 is 5.78 Å². The highest BCUT2D eigenvalue weighted by Gasteiger charge is 2.15. The molecule has 0 N–H and O–H groups in total. The fraction of sp³-hybridized carbons (Fsp3) is 0.267. The molecule has 0 saturated heterocycles. The predicted molar refractivity (Wildman–Crippen MR) is 139 cm³/mol. The summed E-state index contributed by atoms with van der Waals surface area (Å²) in [7, 11) is 1.62. The van der Waals surface area contributed by atoms with Gasteiger partial charge in [0.2, 0.25) is 5.89 Å². The summed E-state index contributed by atoms with van der Waals surface area (Å²) >= 11 is 0. The van der Waals surface area contributed by atoms with Gasteiger partial charge in [-0.25, -0.2) is 4.98 Å². The van der Waals surface area contributed by atoms with Gasteiger partial charge in [-0.2, -0.15) is 0 Å². The molecule has 0 atom stereocenters. The van der Waals surface area contributed by atoms with E-state index in [0.717, 1.165) is 18.4 Å². The normalized spacial score (nSPS) is 10.7. The Balaban J connectivity index is 1.37. The number of nitrogens with zero attached hydrogens (tertiary/aromatic N) is 1. The number of rotatable bonds is 13. The number of oxazole rings is 1. The zero-order valence-corrected chi connectivity index (χ0v) is 20.7. The van der Waals surface area contributed by atoms with Gasteiger partial charge in [-0.05, 0) is 55.7 Å². The van der Waals surface area contributed by atoms with E-state index < -0.39 is 0 Å². The van der Waals surface area contributed by atoms with Crippen molar-refractivity contribution in [1.82, 2.24) is 4.98 Å². The van der Waals surface area contributed by atoms with Crippen LogP contribution in [-0.2, 0) is 12.8 Å². The minimum absolute atomic E-state index is 0.0132. The van der Waals surface area contributed by atoms with Crippen LogP contribution in [0.15, 0.2) is 83.5 Å². The number of aromatic nitrogens is 1. The van der Waals surface area contributed by atoms with Gasteiger partial charge in [-0.3, -0.25) is 4.79 Å². The van der Waals surface area contributed by atoms with Gasteiger partial charge in [0, 0.05) is 18.4 Å². The maximum atomic E-state index is 12.8. The fourth-order valence-corrected chi connectivity index (χ4v) is 3.93. The second-order valence-corrected chi connectivity index (χ2v) is 8.30. The van der Waals surface area contributed by atoms with Crippen molar-refractivity contribution in [2.75, 3.05) is 20.3 Å². The van der Waals surface area contributed by atoms with Crippen LogP contribution < -0.4 is 14.2 Å². The molecule has 0 unspecified atom stereocenters. The van der Waals surface area contributed by atoms with Gasteiger partial charge < -0.3 is 18.6 Å². The molecule has 1 heterocycles. The number of carbonyl (C=O) groups is 1. The van der Waals surface area contributed by atoms with Gasteiger partial charge in [0.15, 0.2) is 17.3 Å². The maximum absolute atomic E-state index is 12.8. The first-order valence-electron chi connectivity index (χ1n) is 12.2. The van der Waals surface area contributed by atoms with Gasteiger partial charge in [0.25, 0.3) is 0 Å². The molecule has 0 aliphatic rings. The maximum Gasteiger partial charge on any atom is 0.226 e. The Morgan fingerprint density at radius 3 is 2.50 bits per heavy atom. The molecule has 0 aliphatic heterocycles. The minimum atomic E-state index is 0.0132. The van der Waals surface area contributed by atoms with Crippen molar-refractivity contribution in [2.45, 2.75) is 32.6 Å². The first-order valence-corrected chi connectivity index (χ1v) is 12.2. The van der Waals surface area contributed by atoms with Crippen LogP contribution in [0.4, 0.5) is 0 Å². The van der Waals surface area contributed by atoms with Crippen LogP contribution in [0, 0.1) is 0 Å². The average molecular weight is 486 g/mol. The third-order valence-electron chi connectivity index (χ3n) is 5.77. The van der Waals surface area contributed by atoms with E-state index in [1.807, 2.05) is 61.5 Å². The topological polar surface area (TPSA) is 70.8 Å². The number of hydrogen-bond donors (Lipinski definition) is 0. The number of ether oxygens (including phenoxy) is 3. The Morgan fingerprint density at radius 2 is 1.69 bits per heavy atom. The molecule has 0 radical (unpaired) electrons. The summed E-state index contributed by atoms with van der Waals surface area (Å²) in [5.74, 6) is 2.40. The number of para-hydroxylation sites is 1. The second-order valence-electron chi connectivity index (χ2n) is 8.30. The molecule has 0 spiro atoms. The minimum Gasteiger partial charge on any atom is -0.493 e. The Hall–Kier alpha value is -4.06. The summed E-state index contributed by atoms with van der Waals surface area (Å²) in [4.78, 5) is 17.3. The van der Waals surface area contributed by atoms with Crippen LogP contribution in [0.25, 0.3) is 11.5 Å². The largest absolute Gasteiger partial charge is 0.493 e. The molecular formula is C30H31NO5. The number of aryl methyl sites for hydroxylation is 2. The summed E-state index contributed by atoms with van der Waals surface area (Å²) in [5, 5.41) is 0. The summed E-state index contributed by atoms with van der Waals surface area (Å²) in [6, 6.07) is 23.3. The van der Waals surface area contributed by atoms with E-state index in [4.69, 9.17) is 18.6 Å². The van der Waals surface area contributed by atoms with Crippen molar-refractivity contribution in [1.29, 1.82) is 0 Å². The molecule has 0 aliphatic carbocycles. The molecule has 4 aromatic rings.